The Balaban J connectivity index is 1.66. The minimum atomic E-state index is -1.14. The van der Waals surface area contributed by atoms with Gasteiger partial charge in [0, 0.05) is 40.0 Å². The lowest BCUT2D eigenvalue weighted by Crippen LogP contribution is -2.54. The highest BCUT2D eigenvalue weighted by molar-refractivity contribution is 5.88. The summed E-state index contributed by atoms with van der Waals surface area (Å²) in [4.78, 5) is 12.5. The normalized spacial score (nSPS) is 21.3. The molecule has 160 valence electrons. The second-order valence-electron chi connectivity index (χ2n) is 9.07. The molecule has 4 aromatic rings. The average molecular weight is 425 g/mol. The quantitative estimate of drug-likeness (QED) is 0.323. The van der Waals surface area contributed by atoms with Gasteiger partial charge in [-0.3, -0.25) is 10.1 Å². The van der Waals surface area contributed by atoms with Crippen molar-refractivity contribution in [1.29, 1.82) is 0 Å². The van der Waals surface area contributed by atoms with Crippen LogP contribution in [0.5, 0.6) is 5.75 Å². The average Bonchev–Trinajstić information content (AvgIpc) is 3.11. The summed E-state index contributed by atoms with van der Waals surface area (Å²) in [6.45, 7) is 2.95. The van der Waals surface area contributed by atoms with Crippen LogP contribution in [0.15, 0.2) is 72.8 Å². The number of fused-ring (bicyclic) bond motifs is 7. The van der Waals surface area contributed by atoms with E-state index in [0.29, 0.717) is 12.8 Å². The zero-order chi connectivity index (χ0) is 21.9. The third-order valence-corrected chi connectivity index (χ3v) is 7.25. The molecule has 0 unspecified atom stereocenters. The van der Waals surface area contributed by atoms with Crippen LogP contribution in [0.25, 0.3) is 10.9 Å². The van der Waals surface area contributed by atoms with E-state index in [0.717, 1.165) is 39.9 Å². The fourth-order valence-electron chi connectivity index (χ4n) is 5.74. The molecule has 1 aliphatic heterocycles. The van der Waals surface area contributed by atoms with Crippen molar-refractivity contribution in [2.75, 3.05) is 6.61 Å². The molecule has 32 heavy (non-hydrogen) atoms. The molecule has 5 nitrogen and oxygen atoms in total. The van der Waals surface area contributed by atoms with Crippen molar-refractivity contribution < 1.29 is 9.66 Å². The molecule has 0 amide bonds. The molecule has 2 heterocycles. The molecule has 0 saturated heterocycles. The molecule has 0 spiro atoms. The smallest absolute Gasteiger partial charge is 0.266 e. The van der Waals surface area contributed by atoms with Gasteiger partial charge in [-0.05, 0) is 42.7 Å². The molecule has 0 fully saturated rings. The van der Waals surface area contributed by atoms with E-state index < -0.39 is 5.54 Å². The predicted molar refractivity (Wildman–Crippen MR) is 124 cm³/mol. The summed E-state index contributed by atoms with van der Waals surface area (Å²) < 4.78 is 8.34. The van der Waals surface area contributed by atoms with Gasteiger partial charge in [-0.2, -0.15) is 0 Å². The summed E-state index contributed by atoms with van der Waals surface area (Å²) in [5.41, 5.74) is 5.65. The topological polar surface area (TPSA) is 57.3 Å². The van der Waals surface area contributed by atoms with Crippen molar-refractivity contribution in [2.24, 2.45) is 0 Å². The van der Waals surface area contributed by atoms with Gasteiger partial charge in [0.15, 0.2) is 6.61 Å². The Morgan fingerprint density at radius 3 is 2.69 bits per heavy atom. The van der Waals surface area contributed by atoms with E-state index >= 15 is 0 Å². The molecule has 3 aromatic carbocycles. The number of aryl methyl sites for hydroxylation is 1. The van der Waals surface area contributed by atoms with E-state index in [4.69, 9.17) is 4.74 Å². The maximum absolute atomic E-state index is 12.5. The molecule has 0 N–H and O–H groups in total. The summed E-state index contributed by atoms with van der Waals surface area (Å²) in [5, 5.41) is 13.7. The highest BCUT2D eigenvalue weighted by atomic mass is 16.6. The van der Waals surface area contributed by atoms with Gasteiger partial charge in [0.05, 0.1) is 5.92 Å². The van der Waals surface area contributed by atoms with Crippen molar-refractivity contribution in [3.8, 4) is 5.75 Å². The number of hydrogen-bond acceptors (Lipinski definition) is 3. The number of ether oxygens (including phenoxy) is 1. The Kier molecular flexibility index (Phi) is 4.15. The minimum Gasteiger partial charge on any atom is -0.486 e. The second-order valence-corrected chi connectivity index (χ2v) is 9.07. The first-order valence-electron chi connectivity index (χ1n) is 11.1. The lowest BCUT2D eigenvalue weighted by molar-refractivity contribution is -0.579. The molecule has 5 heteroatoms. The lowest BCUT2D eigenvalue weighted by atomic mass is 9.67. The van der Waals surface area contributed by atoms with Gasteiger partial charge in [0.25, 0.3) is 5.54 Å². The van der Waals surface area contributed by atoms with Gasteiger partial charge in [-0.1, -0.05) is 60.2 Å². The highest BCUT2D eigenvalue weighted by Gasteiger charge is 2.59. The maximum atomic E-state index is 12.5. The first-order chi connectivity index (χ1) is 15.6. The van der Waals surface area contributed by atoms with Crippen molar-refractivity contribution in [1.82, 2.24) is 4.57 Å². The van der Waals surface area contributed by atoms with Gasteiger partial charge < -0.3 is 9.30 Å². The standard InChI is InChI=1S/C27H24N2O3/c1-18-11-12-22-21(15-18)25-23(28(22)16-19-7-3-2-4-8-19)13-14-27(29(30)31)17-32-24-10-6-5-9-20(24)26(25)27/h2-12,15,26H,13-14,16-17H2,1H3/t26-,27+/m0/s1. The Morgan fingerprint density at radius 1 is 1.09 bits per heavy atom. The van der Waals surface area contributed by atoms with E-state index in [1.165, 1.54) is 11.3 Å². The fraction of sp³-hybridized carbons (Fsp3) is 0.259. The summed E-state index contributed by atoms with van der Waals surface area (Å²) in [6, 6.07) is 24.8. The van der Waals surface area contributed by atoms with E-state index in [2.05, 4.69) is 54.0 Å². The van der Waals surface area contributed by atoms with Crippen molar-refractivity contribution in [2.45, 2.75) is 37.8 Å². The Bertz CT molecular complexity index is 1360. The minimum absolute atomic E-state index is 0.0767. The summed E-state index contributed by atoms with van der Waals surface area (Å²) >= 11 is 0. The van der Waals surface area contributed by atoms with Crippen LogP contribution >= 0.6 is 0 Å². The van der Waals surface area contributed by atoms with E-state index in [1.807, 2.05) is 30.3 Å². The number of nitrogens with zero attached hydrogens (tertiary/aromatic N) is 2. The van der Waals surface area contributed by atoms with Gasteiger partial charge in [0.2, 0.25) is 0 Å². The predicted octanol–water partition coefficient (Wildman–Crippen LogP) is 5.48. The molecule has 2 aliphatic rings. The molecule has 0 radical (unpaired) electrons. The van der Waals surface area contributed by atoms with Crippen LogP contribution in [0.3, 0.4) is 0 Å². The Labute approximate surface area is 186 Å². The molecular weight excluding hydrogens is 400 g/mol. The summed E-state index contributed by atoms with van der Waals surface area (Å²) in [7, 11) is 0. The summed E-state index contributed by atoms with van der Waals surface area (Å²) in [5.74, 6) is 0.437. The molecule has 2 atom stereocenters. The number of rotatable bonds is 3. The van der Waals surface area contributed by atoms with E-state index in [1.54, 1.807) is 0 Å². The second kappa shape index (κ2) is 6.95. The molecule has 1 aliphatic carbocycles. The van der Waals surface area contributed by atoms with Crippen LogP contribution in [0.2, 0.25) is 0 Å². The van der Waals surface area contributed by atoms with Gasteiger partial charge in [-0.15, -0.1) is 0 Å². The van der Waals surface area contributed by atoms with Crippen molar-refractivity contribution in [3.05, 3.63) is 111 Å². The van der Waals surface area contributed by atoms with Crippen LogP contribution < -0.4 is 4.74 Å². The third kappa shape index (κ3) is 2.63. The zero-order valence-corrected chi connectivity index (χ0v) is 18.0. The Hall–Kier alpha value is -3.60. The number of aromatic nitrogens is 1. The van der Waals surface area contributed by atoms with Crippen molar-refractivity contribution >= 4 is 10.9 Å². The monoisotopic (exact) mass is 424 g/mol. The molecule has 0 bridgehead atoms. The summed E-state index contributed by atoms with van der Waals surface area (Å²) in [6.07, 6.45) is 1.13. The maximum Gasteiger partial charge on any atom is 0.266 e. The first-order valence-corrected chi connectivity index (χ1v) is 11.1. The van der Waals surface area contributed by atoms with Crippen LogP contribution in [0.1, 0.15) is 40.3 Å². The largest absolute Gasteiger partial charge is 0.486 e. The first kappa shape index (κ1) is 19.1. The molecule has 1 aromatic heterocycles. The van der Waals surface area contributed by atoms with Gasteiger partial charge in [-0.25, -0.2) is 0 Å². The van der Waals surface area contributed by atoms with Crippen LogP contribution in [0, 0.1) is 17.0 Å². The number of nitro groups is 1. The molecular formula is C27H24N2O3. The van der Waals surface area contributed by atoms with E-state index in [-0.39, 0.29) is 17.4 Å². The van der Waals surface area contributed by atoms with Crippen molar-refractivity contribution in [3.63, 3.8) is 0 Å². The lowest BCUT2D eigenvalue weighted by Gasteiger charge is -2.41. The van der Waals surface area contributed by atoms with Crippen LogP contribution in [0.4, 0.5) is 0 Å². The van der Waals surface area contributed by atoms with Gasteiger partial charge >= 0.3 is 0 Å². The van der Waals surface area contributed by atoms with Crippen LogP contribution in [-0.2, 0) is 13.0 Å². The Morgan fingerprint density at radius 2 is 1.88 bits per heavy atom. The van der Waals surface area contributed by atoms with Gasteiger partial charge in [0.1, 0.15) is 5.75 Å². The zero-order valence-electron chi connectivity index (χ0n) is 18.0. The number of benzene rings is 3. The molecule has 6 rings (SSSR count). The fourth-order valence-corrected chi connectivity index (χ4v) is 5.74. The number of para-hydroxylation sites is 1. The van der Waals surface area contributed by atoms with Crippen LogP contribution in [-0.4, -0.2) is 21.6 Å². The SMILES string of the molecule is Cc1ccc2c(c1)c1c(n2Cc2ccccc2)CC[C@@]2([N+](=O)[O-])COc3ccccc3[C@@H]12. The highest BCUT2D eigenvalue weighted by Crippen LogP contribution is 2.53. The molecule has 0 saturated carbocycles. The third-order valence-electron chi connectivity index (χ3n) is 7.25. The van der Waals surface area contributed by atoms with E-state index in [9.17, 15) is 10.1 Å². The number of hydrogen-bond donors (Lipinski definition) is 0.